The monoisotopic (exact) mass is 200 g/mol. The zero-order chi connectivity index (χ0) is 10.0. The van der Waals surface area contributed by atoms with Crippen molar-refractivity contribution in [2.75, 3.05) is 11.5 Å². The van der Waals surface area contributed by atoms with Gasteiger partial charge in [0.05, 0.1) is 6.42 Å². The number of aliphatic carboxylic acids is 1. The fourth-order valence-electron chi connectivity index (χ4n) is 1.04. The van der Waals surface area contributed by atoms with Crippen LogP contribution in [0.25, 0.3) is 0 Å². The molecule has 70 valence electrons. The zero-order valence-corrected chi connectivity index (χ0v) is 7.51. The first-order chi connectivity index (χ1) is 6.00. The average molecular weight is 201 g/mol. The zero-order valence-electron chi connectivity index (χ0n) is 6.75. The van der Waals surface area contributed by atoms with Crippen LogP contribution in [0.15, 0.2) is 12.1 Å². The van der Waals surface area contributed by atoms with Gasteiger partial charge in [-0.25, -0.2) is 0 Å². The van der Waals surface area contributed by atoms with Crippen molar-refractivity contribution in [3.05, 3.63) is 22.7 Å². The SMILES string of the molecule is Nc1cc(Cl)cc(N)c1CC(=O)O. The average Bonchev–Trinajstić information content (AvgIpc) is 1.96. The van der Waals surface area contributed by atoms with E-state index in [-0.39, 0.29) is 6.42 Å². The third kappa shape index (κ3) is 2.26. The first-order valence-corrected chi connectivity index (χ1v) is 3.93. The third-order valence-electron chi connectivity index (χ3n) is 1.61. The normalized spacial score (nSPS) is 9.92. The Morgan fingerprint density at radius 3 is 2.23 bits per heavy atom. The molecule has 0 radical (unpaired) electrons. The Kier molecular flexibility index (Phi) is 2.63. The first-order valence-electron chi connectivity index (χ1n) is 3.56. The molecule has 0 saturated heterocycles. The molecule has 0 heterocycles. The minimum absolute atomic E-state index is 0.186. The minimum atomic E-state index is -0.972. The Labute approximate surface area is 80.1 Å². The van der Waals surface area contributed by atoms with Crippen LogP contribution in [0, 0.1) is 0 Å². The van der Waals surface area contributed by atoms with Crippen LogP contribution in [0.1, 0.15) is 5.56 Å². The van der Waals surface area contributed by atoms with Crippen molar-refractivity contribution in [2.45, 2.75) is 6.42 Å². The van der Waals surface area contributed by atoms with Crippen molar-refractivity contribution in [3.63, 3.8) is 0 Å². The number of carboxylic acids is 1. The predicted molar refractivity (Wildman–Crippen MR) is 51.6 cm³/mol. The van der Waals surface area contributed by atoms with E-state index in [1.165, 1.54) is 12.1 Å². The second-order valence-corrected chi connectivity index (χ2v) is 3.07. The second-order valence-electron chi connectivity index (χ2n) is 2.63. The van der Waals surface area contributed by atoms with Gasteiger partial charge in [0.2, 0.25) is 0 Å². The van der Waals surface area contributed by atoms with Gasteiger partial charge in [-0.1, -0.05) is 11.6 Å². The highest BCUT2D eigenvalue weighted by atomic mass is 35.5. The van der Waals surface area contributed by atoms with E-state index in [2.05, 4.69) is 0 Å². The molecular weight excluding hydrogens is 192 g/mol. The predicted octanol–water partition coefficient (Wildman–Crippen LogP) is 1.13. The number of anilines is 2. The number of hydrogen-bond donors (Lipinski definition) is 3. The van der Waals surface area contributed by atoms with E-state index in [1.807, 2.05) is 0 Å². The topological polar surface area (TPSA) is 89.3 Å². The Morgan fingerprint density at radius 2 is 1.85 bits per heavy atom. The molecule has 0 saturated carbocycles. The van der Waals surface area contributed by atoms with Crippen LogP contribution in [0.4, 0.5) is 11.4 Å². The van der Waals surface area contributed by atoms with Gasteiger partial charge in [-0.05, 0) is 12.1 Å². The molecule has 0 bridgehead atoms. The maximum Gasteiger partial charge on any atom is 0.307 e. The quantitative estimate of drug-likeness (QED) is 0.625. The lowest BCUT2D eigenvalue weighted by molar-refractivity contribution is -0.136. The molecule has 0 unspecified atom stereocenters. The number of carboxylic acid groups (broad SMARTS) is 1. The molecule has 1 rings (SSSR count). The van der Waals surface area contributed by atoms with Crippen LogP contribution in [-0.2, 0) is 11.2 Å². The van der Waals surface area contributed by atoms with Crippen LogP contribution in [0.2, 0.25) is 5.02 Å². The van der Waals surface area contributed by atoms with Crippen molar-refractivity contribution in [2.24, 2.45) is 0 Å². The van der Waals surface area contributed by atoms with Crippen molar-refractivity contribution in [3.8, 4) is 0 Å². The van der Waals surface area contributed by atoms with Gasteiger partial charge >= 0.3 is 5.97 Å². The van der Waals surface area contributed by atoms with Gasteiger partial charge in [-0.15, -0.1) is 0 Å². The van der Waals surface area contributed by atoms with E-state index in [9.17, 15) is 4.79 Å². The second kappa shape index (κ2) is 3.53. The number of nitrogen functional groups attached to an aromatic ring is 2. The molecule has 13 heavy (non-hydrogen) atoms. The van der Waals surface area contributed by atoms with E-state index in [0.29, 0.717) is 22.0 Å². The summed E-state index contributed by atoms with van der Waals surface area (Å²) < 4.78 is 0. The first kappa shape index (κ1) is 9.67. The highest BCUT2D eigenvalue weighted by Gasteiger charge is 2.09. The summed E-state index contributed by atoms with van der Waals surface area (Å²) in [5.41, 5.74) is 12.1. The molecular formula is C8H9ClN2O2. The Bertz CT molecular complexity index is 329. The summed E-state index contributed by atoms with van der Waals surface area (Å²) in [5, 5.41) is 8.95. The molecule has 0 aliphatic rings. The van der Waals surface area contributed by atoms with Gasteiger partial charge in [0.25, 0.3) is 0 Å². The molecule has 0 fully saturated rings. The summed E-state index contributed by atoms with van der Waals surface area (Å²) in [4.78, 5) is 10.4. The fourth-order valence-corrected chi connectivity index (χ4v) is 1.27. The van der Waals surface area contributed by atoms with Crippen molar-refractivity contribution >= 4 is 28.9 Å². The maximum absolute atomic E-state index is 10.4. The highest BCUT2D eigenvalue weighted by molar-refractivity contribution is 6.31. The lowest BCUT2D eigenvalue weighted by atomic mass is 10.1. The van der Waals surface area contributed by atoms with Crippen molar-refractivity contribution in [1.82, 2.24) is 0 Å². The minimum Gasteiger partial charge on any atom is -0.481 e. The smallest absolute Gasteiger partial charge is 0.307 e. The number of halogens is 1. The number of benzene rings is 1. The van der Waals surface area contributed by atoms with Gasteiger partial charge in [0, 0.05) is 22.0 Å². The summed E-state index contributed by atoms with van der Waals surface area (Å²) in [6, 6.07) is 2.96. The molecule has 0 amide bonds. The van der Waals surface area contributed by atoms with E-state index < -0.39 is 5.97 Å². The van der Waals surface area contributed by atoms with Gasteiger partial charge in [0.1, 0.15) is 0 Å². The number of nitrogens with two attached hydrogens (primary N) is 2. The van der Waals surface area contributed by atoms with Gasteiger partial charge in [-0.2, -0.15) is 0 Å². The van der Waals surface area contributed by atoms with E-state index >= 15 is 0 Å². The van der Waals surface area contributed by atoms with E-state index in [4.69, 9.17) is 28.2 Å². The highest BCUT2D eigenvalue weighted by Crippen LogP contribution is 2.25. The van der Waals surface area contributed by atoms with Crippen molar-refractivity contribution < 1.29 is 9.90 Å². The lowest BCUT2D eigenvalue weighted by Crippen LogP contribution is -2.06. The number of carbonyl (C=O) groups is 1. The van der Waals surface area contributed by atoms with E-state index in [0.717, 1.165) is 0 Å². The Morgan fingerprint density at radius 1 is 1.38 bits per heavy atom. The van der Waals surface area contributed by atoms with Crippen LogP contribution in [-0.4, -0.2) is 11.1 Å². The molecule has 0 spiro atoms. The summed E-state index contributed by atoms with van der Waals surface area (Å²) >= 11 is 5.65. The van der Waals surface area contributed by atoms with Gasteiger partial charge in [0.15, 0.2) is 0 Å². The Balaban J connectivity index is 3.13. The van der Waals surface area contributed by atoms with Crippen LogP contribution in [0.5, 0.6) is 0 Å². The number of hydrogen-bond acceptors (Lipinski definition) is 3. The lowest BCUT2D eigenvalue weighted by Gasteiger charge is -2.07. The standard InChI is InChI=1S/C8H9ClN2O2/c9-4-1-6(10)5(3-8(12)13)7(11)2-4/h1-2H,3,10-11H2,(H,12,13). The number of rotatable bonds is 2. The molecule has 1 aromatic carbocycles. The molecule has 1 aromatic rings. The summed E-state index contributed by atoms with van der Waals surface area (Å²) in [7, 11) is 0. The van der Waals surface area contributed by atoms with Crippen LogP contribution < -0.4 is 11.5 Å². The van der Waals surface area contributed by atoms with E-state index in [1.54, 1.807) is 0 Å². The molecule has 0 atom stereocenters. The molecule has 5 heteroatoms. The molecule has 0 aliphatic heterocycles. The molecule has 0 aromatic heterocycles. The molecule has 5 N–H and O–H groups in total. The molecule has 0 aliphatic carbocycles. The fraction of sp³-hybridized carbons (Fsp3) is 0.125. The van der Waals surface area contributed by atoms with Crippen molar-refractivity contribution in [1.29, 1.82) is 0 Å². The summed E-state index contributed by atoms with van der Waals surface area (Å²) in [6.45, 7) is 0. The largest absolute Gasteiger partial charge is 0.481 e. The van der Waals surface area contributed by atoms with Gasteiger partial charge < -0.3 is 16.6 Å². The maximum atomic E-state index is 10.4. The van der Waals surface area contributed by atoms with Gasteiger partial charge in [-0.3, -0.25) is 4.79 Å². The van der Waals surface area contributed by atoms with Crippen LogP contribution in [0.3, 0.4) is 0 Å². The third-order valence-corrected chi connectivity index (χ3v) is 1.83. The molecule has 4 nitrogen and oxygen atoms in total. The summed E-state index contributed by atoms with van der Waals surface area (Å²) in [6.07, 6.45) is -0.186. The Hall–Kier alpha value is -1.42. The van der Waals surface area contributed by atoms with Crippen LogP contribution >= 0.6 is 11.6 Å². The summed E-state index contributed by atoms with van der Waals surface area (Å²) in [5.74, 6) is -0.972.